The van der Waals surface area contributed by atoms with Crippen LogP contribution in [0.4, 0.5) is 0 Å². The quantitative estimate of drug-likeness (QED) is 0.464. The summed E-state index contributed by atoms with van der Waals surface area (Å²) < 4.78 is 0. The van der Waals surface area contributed by atoms with E-state index in [9.17, 15) is 5.26 Å². The van der Waals surface area contributed by atoms with E-state index in [0.717, 1.165) is 33.5 Å². The third-order valence-electron chi connectivity index (χ3n) is 4.39. The molecule has 0 fully saturated rings. The molecule has 26 heavy (non-hydrogen) atoms. The molecule has 0 unspecified atom stereocenters. The lowest BCUT2D eigenvalue weighted by molar-refractivity contribution is 1.31. The van der Waals surface area contributed by atoms with Gasteiger partial charge >= 0.3 is 0 Å². The van der Waals surface area contributed by atoms with Crippen molar-refractivity contribution in [2.24, 2.45) is 0 Å². The van der Waals surface area contributed by atoms with E-state index < -0.39 is 0 Å². The van der Waals surface area contributed by atoms with E-state index in [4.69, 9.17) is 4.98 Å². The van der Waals surface area contributed by atoms with E-state index in [0.29, 0.717) is 5.56 Å². The molecule has 0 N–H and O–H groups in total. The summed E-state index contributed by atoms with van der Waals surface area (Å²) in [5.41, 5.74) is 6.19. The zero-order valence-electron chi connectivity index (χ0n) is 14.1. The normalized spacial score (nSPS) is 10.3. The van der Waals surface area contributed by atoms with E-state index >= 15 is 0 Å². The first-order chi connectivity index (χ1) is 12.9. The standard InChI is InChI=1S/C24H16N2/c25-16-21-22(18-10-4-1-5-11-18)17-26-24(20-14-8-3-9-15-20)23(21)19-12-6-2-7-13-19/h1-15,17H. The van der Waals surface area contributed by atoms with Gasteiger partial charge in [0.15, 0.2) is 0 Å². The fourth-order valence-electron chi connectivity index (χ4n) is 3.16. The highest BCUT2D eigenvalue weighted by Crippen LogP contribution is 2.37. The maximum atomic E-state index is 10.0. The first-order valence-electron chi connectivity index (χ1n) is 8.48. The van der Waals surface area contributed by atoms with Gasteiger partial charge in [0.25, 0.3) is 0 Å². The Morgan fingerprint density at radius 3 is 1.65 bits per heavy atom. The summed E-state index contributed by atoms with van der Waals surface area (Å²) in [7, 11) is 0. The van der Waals surface area contributed by atoms with Gasteiger partial charge in [0.05, 0.1) is 11.3 Å². The average molecular weight is 332 g/mol. The van der Waals surface area contributed by atoms with Gasteiger partial charge in [-0.3, -0.25) is 4.98 Å². The van der Waals surface area contributed by atoms with Crippen molar-refractivity contribution < 1.29 is 0 Å². The lowest BCUT2D eigenvalue weighted by Gasteiger charge is -2.15. The van der Waals surface area contributed by atoms with E-state index in [-0.39, 0.29) is 0 Å². The lowest BCUT2D eigenvalue weighted by Crippen LogP contribution is -1.97. The number of benzene rings is 3. The Labute approximate surface area is 153 Å². The highest BCUT2D eigenvalue weighted by atomic mass is 14.7. The van der Waals surface area contributed by atoms with Crippen LogP contribution in [-0.4, -0.2) is 4.98 Å². The van der Waals surface area contributed by atoms with Crippen LogP contribution in [0.2, 0.25) is 0 Å². The van der Waals surface area contributed by atoms with Crippen molar-refractivity contribution in [1.29, 1.82) is 5.26 Å². The van der Waals surface area contributed by atoms with Gasteiger partial charge in [-0.25, -0.2) is 0 Å². The van der Waals surface area contributed by atoms with E-state index in [1.165, 1.54) is 0 Å². The molecule has 0 radical (unpaired) electrons. The second-order valence-electron chi connectivity index (χ2n) is 5.98. The number of hydrogen-bond acceptors (Lipinski definition) is 2. The van der Waals surface area contributed by atoms with Gasteiger partial charge in [0, 0.05) is 22.9 Å². The molecule has 0 amide bonds. The molecule has 0 spiro atoms. The lowest BCUT2D eigenvalue weighted by atomic mass is 9.90. The van der Waals surface area contributed by atoms with Crippen molar-refractivity contribution in [3.8, 4) is 39.6 Å². The number of aromatic nitrogens is 1. The second-order valence-corrected chi connectivity index (χ2v) is 5.98. The molecule has 1 aromatic heterocycles. The minimum Gasteiger partial charge on any atom is -0.255 e. The maximum absolute atomic E-state index is 10.0. The Kier molecular flexibility index (Phi) is 4.28. The molecule has 2 heteroatoms. The van der Waals surface area contributed by atoms with Crippen LogP contribution in [0.3, 0.4) is 0 Å². The van der Waals surface area contributed by atoms with Gasteiger partial charge in [-0.15, -0.1) is 0 Å². The Bertz CT molecular complexity index is 1060. The summed E-state index contributed by atoms with van der Waals surface area (Å²) in [6.45, 7) is 0. The third-order valence-corrected chi connectivity index (χ3v) is 4.39. The van der Waals surface area contributed by atoms with Crippen molar-refractivity contribution in [2.45, 2.75) is 0 Å². The Balaban J connectivity index is 2.05. The van der Waals surface area contributed by atoms with Crippen LogP contribution >= 0.6 is 0 Å². The van der Waals surface area contributed by atoms with Gasteiger partial charge in [-0.05, 0) is 11.1 Å². The summed E-state index contributed by atoms with van der Waals surface area (Å²) in [5, 5.41) is 10.0. The smallest absolute Gasteiger partial charge is 0.101 e. The van der Waals surface area contributed by atoms with Gasteiger partial charge in [0.1, 0.15) is 6.07 Å². The molecule has 0 atom stereocenters. The number of pyridine rings is 1. The number of rotatable bonds is 3. The molecule has 3 aromatic carbocycles. The summed E-state index contributed by atoms with van der Waals surface area (Å²) in [6, 6.07) is 32.4. The molecule has 122 valence electrons. The van der Waals surface area contributed by atoms with Crippen LogP contribution < -0.4 is 0 Å². The number of nitriles is 1. The average Bonchev–Trinajstić information content (AvgIpc) is 2.74. The Morgan fingerprint density at radius 1 is 0.615 bits per heavy atom. The van der Waals surface area contributed by atoms with Crippen molar-refractivity contribution in [3.05, 3.63) is 103 Å². The molecule has 0 aliphatic carbocycles. The SMILES string of the molecule is N#Cc1c(-c2ccccc2)cnc(-c2ccccc2)c1-c1ccccc1. The van der Waals surface area contributed by atoms with Gasteiger partial charge in [-0.2, -0.15) is 5.26 Å². The Hall–Kier alpha value is -3.70. The van der Waals surface area contributed by atoms with E-state index in [2.05, 4.69) is 6.07 Å². The molecule has 1 heterocycles. The summed E-state index contributed by atoms with van der Waals surface area (Å²) in [5.74, 6) is 0. The van der Waals surface area contributed by atoms with Crippen molar-refractivity contribution >= 4 is 0 Å². The summed E-state index contributed by atoms with van der Waals surface area (Å²) in [4.78, 5) is 4.76. The molecule has 0 aliphatic heterocycles. The largest absolute Gasteiger partial charge is 0.255 e. The fraction of sp³-hybridized carbons (Fsp3) is 0. The predicted molar refractivity (Wildman–Crippen MR) is 105 cm³/mol. The molecule has 0 saturated heterocycles. The first-order valence-corrected chi connectivity index (χ1v) is 8.48. The van der Waals surface area contributed by atoms with Gasteiger partial charge in [0.2, 0.25) is 0 Å². The predicted octanol–water partition coefficient (Wildman–Crippen LogP) is 5.95. The van der Waals surface area contributed by atoms with Crippen molar-refractivity contribution in [2.75, 3.05) is 0 Å². The van der Waals surface area contributed by atoms with E-state index in [1.807, 2.05) is 97.2 Å². The molecule has 0 bridgehead atoms. The van der Waals surface area contributed by atoms with Crippen LogP contribution in [-0.2, 0) is 0 Å². The number of nitrogens with zero attached hydrogens (tertiary/aromatic N) is 2. The minimum atomic E-state index is 0.649. The van der Waals surface area contributed by atoms with Crippen LogP contribution in [0.5, 0.6) is 0 Å². The highest BCUT2D eigenvalue weighted by molar-refractivity contribution is 5.90. The second kappa shape index (κ2) is 7.04. The minimum absolute atomic E-state index is 0.649. The molecule has 0 saturated carbocycles. The highest BCUT2D eigenvalue weighted by Gasteiger charge is 2.18. The third kappa shape index (κ3) is 2.87. The van der Waals surface area contributed by atoms with Crippen LogP contribution in [0.15, 0.2) is 97.2 Å². The Morgan fingerprint density at radius 2 is 1.12 bits per heavy atom. The van der Waals surface area contributed by atoms with E-state index in [1.54, 1.807) is 0 Å². The maximum Gasteiger partial charge on any atom is 0.101 e. The zero-order chi connectivity index (χ0) is 17.8. The summed E-state index contributed by atoms with van der Waals surface area (Å²) >= 11 is 0. The number of hydrogen-bond donors (Lipinski definition) is 0. The molecule has 4 rings (SSSR count). The molecular weight excluding hydrogens is 316 g/mol. The van der Waals surface area contributed by atoms with Crippen LogP contribution in [0, 0.1) is 11.3 Å². The van der Waals surface area contributed by atoms with Crippen LogP contribution in [0.25, 0.3) is 33.5 Å². The van der Waals surface area contributed by atoms with Crippen molar-refractivity contribution in [1.82, 2.24) is 4.98 Å². The van der Waals surface area contributed by atoms with Crippen molar-refractivity contribution in [3.63, 3.8) is 0 Å². The monoisotopic (exact) mass is 332 g/mol. The van der Waals surface area contributed by atoms with Gasteiger partial charge < -0.3 is 0 Å². The molecule has 4 aromatic rings. The summed E-state index contributed by atoms with van der Waals surface area (Å²) in [6.07, 6.45) is 1.81. The topological polar surface area (TPSA) is 36.7 Å². The van der Waals surface area contributed by atoms with Gasteiger partial charge in [-0.1, -0.05) is 91.0 Å². The molecule has 0 aliphatic rings. The fourth-order valence-corrected chi connectivity index (χ4v) is 3.16. The molecular formula is C24H16N2. The van der Waals surface area contributed by atoms with Crippen LogP contribution in [0.1, 0.15) is 5.56 Å². The molecule has 2 nitrogen and oxygen atoms in total. The zero-order valence-corrected chi connectivity index (χ0v) is 14.1. The first kappa shape index (κ1) is 15.8.